The molecule has 1 heterocycles. The van der Waals surface area contributed by atoms with Crippen molar-refractivity contribution in [3.63, 3.8) is 0 Å². The Hall–Kier alpha value is -0.0800. The SMILES string of the molecule is CN[C@H](C)[C@@H]1CCNC1. The van der Waals surface area contributed by atoms with Gasteiger partial charge in [-0.3, -0.25) is 0 Å². The molecule has 1 fully saturated rings. The van der Waals surface area contributed by atoms with E-state index in [1.54, 1.807) is 0 Å². The number of hydrogen-bond acceptors (Lipinski definition) is 2. The first-order valence-corrected chi connectivity index (χ1v) is 3.72. The van der Waals surface area contributed by atoms with Gasteiger partial charge < -0.3 is 10.6 Å². The topological polar surface area (TPSA) is 24.1 Å². The molecule has 0 aliphatic carbocycles. The van der Waals surface area contributed by atoms with Gasteiger partial charge in [0.25, 0.3) is 0 Å². The first-order valence-electron chi connectivity index (χ1n) is 3.72. The second-order valence-corrected chi connectivity index (χ2v) is 2.83. The lowest BCUT2D eigenvalue weighted by molar-refractivity contribution is 0.425. The van der Waals surface area contributed by atoms with Gasteiger partial charge in [-0.05, 0) is 39.4 Å². The third kappa shape index (κ3) is 1.66. The Labute approximate surface area is 57.0 Å². The number of nitrogens with one attached hydrogen (secondary N) is 2. The van der Waals surface area contributed by atoms with Gasteiger partial charge in [0.1, 0.15) is 0 Å². The average Bonchev–Trinajstić information content (AvgIpc) is 2.37. The molecule has 0 aromatic heterocycles. The molecule has 2 atom stereocenters. The highest BCUT2D eigenvalue weighted by Crippen LogP contribution is 2.11. The van der Waals surface area contributed by atoms with E-state index in [1.165, 1.54) is 19.5 Å². The van der Waals surface area contributed by atoms with Gasteiger partial charge in [0.15, 0.2) is 0 Å². The molecular formula is C7H16N2. The molecular weight excluding hydrogens is 112 g/mol. The maximum atomic E-state index is 3.35. The van der Waals surface area contributed by atoms with Crippen LogP contribution in [0.3, 0.4) is 0 Å². The van der Waals surface area contributed by atoms with Crippen LogP contribution in [0.5, 0.6) is 0 Å². The average molecular weight is 128 g/mol. The minimum atomic E-state index is 0.681. The molecule has 2 nitrogen and oxygen atoms in total. The molecule has 1 aliphatic rings. The van der Waals surface area contributed by atoms with Crippen LogP contribution >= 0.6 is 0 Å². The van der Waals surface area contributed by atoms with Crippen LogP contribution in [0.25, 0.3) is 0 Å². The summed E-state index contributed by atoms with van der Waals surface area (Å²) in [4.78, 5) is 0. The van der Waals surface area contributed by atoms with Gasteiger partial charge in [-0.2, -0.15) is 0 Å². The number of rotatable bonds is 2. The fourth-order valence-corrected chi connectivity index (χ4v) is 1.34. The second-order valence-electron chi connectivity index (χ2n) is 2.83. The molecule has 0 unspecified atom stereocenters. The molecule has 0 aromatic rings. The van der Waals surface area contributed by atoms with Crippen molar-refractivity contribution in [3.05, 3.63) is 0 Å². The highest BCUT2D eigenvalue weighted by Gasteiger charge is 2.18. The van der Waals surface area contributed by atoms with Crippen molar-refractivity contribution < 1.29 is 0 Å². The van der Waals surface area contributed by atoms with Crippen molar-refractivity contribution >= 4 is 0 Å². The first-order chi connectivity index (χ1) is 4.34. The predicted octanol–water partition coefficient (Wildman–Crippen LogP) is 0.204. The highest BCUT2D eigenvalue weighted by atomic mass is 14.9. The van der Waals surface area contributed by atoms with Crippen molar-refractivity contribution in [1.29, 1.82) is 0 Å². The van der Waals surface area contributed by atoms with Gasteiger partial charge in [0.2, 0.25) is 0 Å². The monoisotopic (exact) mass is 128 g/mol. The molecule has 2 heteroatoms. The Morgan fingerprint density at radius 2 is 2.44 bits per heavy atom. The highest BCUT2D eigenvalue weighted by molar-refractivity contribution is 4.78. The normalized spacial score (nSPS) is 30.7. The summed E-state index contributed by atoms with van der Waals surface area (Å²) >= 11 is 0. The lowest BCUT2D eigenvalue weighted by Gasteiger charge is -2.16. The van der Waals surface area contributed by atoms with Crippen LogP contribution in [0.15, 0.2) is 0 Å². The molecule has 54 valence electrons. The fraction of sp³-hybridized carbons (Fsp3) is 1.00. The van der Waals surface area contributed by atoms with Gasteiger partial charge in [-0.15, -0.1) is 0 Å². The van der Waals surface area contributed by atoms with Crippen LogP contribution in [-0.4, -0.2) is 26.2 Å². The Kier molecular flexibility index (Phi) is 2.49. The molecule has 2 N–H and O–H groups in total. The predicted molar refractivity (Wildman–Crippen MR) is 39.5 cm³/mol. The summed E-state index contributed by atoms with van der Waals surface area (Å²) in [6, 6.07) is 0.681. The Bertz CT molecular complexity index is 77.0. The third-order valence-electron chi connectivity index (χ3n) is 2.26. The van der Waals surface area contributed by atoms with Crippen LogP contribution < -0.4 is 10.6 Å². The summed E-state index contributed by atoms with van der Waals surface area (Å²) in [5.41, 5.74) is 0. The molecule has 0 bridgehead atoms. The van der Waals surface area contributed by atoms with E-state index in [1.807, 2.05) is 7.05 Å². The zero-order valence-corrected chi connectivity index (χ0v) is 6.28. The lowest BCUT2D eigenvalue weighted by atomic mass is 10.0. The van der Waals surface area contributed by atoms with Crippen LogP contribution in [0.1, 0.15) is 13.3 Å². The molecule has 9 heavy (non-hydrogen) atoms. The molecule has 1 aliphatic heterocycles. The molecule has 1 saturated heterocycles. The summed E-state index contributed by atoms with van der Waals surface area (Å²) in [6.45, 7) is 4.65. The summed E-state index contributed by atoms with van der Waals surface area (Å²) in [5, 5.41) is 6.61. The van der Waals surface area contributed by atoms with Crippen molar-refractivity contribution in [2.45, 2.75) is 19.4 Å². The van der Waals surface area contributed by atoms with E-state index in [0.717, 1.165) is 5.92 Å². The van der Waals surface area contributed by atoms with Crippen LogP contribution in [0, 0.1) is 5.92 Å². The first kappa shape index (κ1) is 7.03. The van der Waals surface area contributed by atoms with E-state index in [2.05, 4.69) is 17.6 Å². The largest absolute Gasteiger partial charge is 0.317 e. The Morgan fingerprint density at radius 3 is 2.89 bits per heavy atom. The minimum absolute atomic E-state index is 0.681. The smallest absolute Gasteiger partial charge is 0.00765 e. The van der Waals surface area contributed by atoms with E-state index >= 15 is 0 Å². The summed E-state index contributed by atoms with van der Waals surface area (Å²) in [6.07, 6.45) is 1.34. The zero-order valence-electron chi connectivity index (χ0n) is 6.28. The molecule has 0 spiro atoms. The Balaban J connectivity index is 2.24. The van der Waals surface area contributed by atoms with Gasteiger partial charge in [-0.1, -0.05) is 0 Å². The van der Waals surface area contributed by atoms with Crippen LogP contribution in [0.4, 0.5) is 0 Å². The zero-order chi connectivity index (χ0) is 6.69. The van der Waals surface area contributed by atoms with E-state index in [0.29, 0.717) is 6.04 Å². The van der Waals surface area contributed by atoms with Crippen LogP contribution in [-0.2, 0) is 0 Å². The quantitative estimate of drug-likeness (QED) is 0.555. The summed E-state index contributed by atoms with van der Waals surface area (Å²) in [7, 11) is 2.03. The van der Waals surface area contributed by atoms with Crippen molar-refractivity contribution in [1.82, 2.24) is 10.6 Å². The summed E-state index contributed by atoms with van der Waals surface area (Å²) < 4.78 is 0. The third-order valence-corrected chi connectivity index (χ3v) is 2.26. The molecule has 1 rings (SSSR count). The molecule has 0 amide bonds. The summed E-state index contributed by atoms with van der Waals surface area (Å²) in [5.74, 6) is 0.856. The van der Waals surface area contributed by atoms with Crippen LogP contribution in [0.2, 0.25) is 0 Å². The van der Waals surface area contributed by atoms with Gasteiger partial charge in [-0.25, -0.2) is 0 Å². The maximum absolute atomic E-state index is 3.35. The lowest BCUT2D eigenvalue weighted by Crippen LogP contribution is -2.31. The number of hydrogen-bond donors (Lipinski definition) is 2. The van der Waals surface area contributed by atoms with E-state index in [9.17, 15) is 0 Å². The van der Waals surface area contributed by atoms with Gasteiger partial charge in [0, 0.05) is 6.04 Å². The van der Waals surface area contributed by atoms with Gasteiger partial charge >= 0.3 is 0 Å². The maximum Gasteiger partial charge on any atom is 0.00765 e. The van der Waals surface area contributed by atoms with Crippen molar-refractivity contribution in [3.8, 4) is 0 Å². The molecule has 0 aromatic carbocycles. The van der Waals surface area contributed by atoms with E-state index < -0.39 is 0 Å². The van der Waals surface area contributed by atoms with Crippen molar-refractivity contribution in [2.24, 2.45) is 5.92 Å². The van der Waals surface area contributed by atoms with E-state index in [-0.39, 0.29) is 0 Å². The fourth-order valence-electron chi connectivity index (χ4n) is 1.34. The minimum Gasteiger partial charge on any atom is -0.317 e. The van der Waals surface area contributed by atoms with Crippen molar-refractivity contribution in [2.75, 3.05) is 20.1 Å². The second kappa shape index (κ2) is 3.18. The van der Waals surface area contributed by atoms with E-state index in [4.69, 9.17) is 0 Å². The standard InChI is InChI=1S/C7H16N2/c1-6(8-2)7-3-4-9-5-7/h6-9H,3-5H2,1-2H3/t6-,7-/m1/s1. The van der Waals surface area contributed by atoms with Gasteiger partial charge in [0.05, 0.1) is 0 Å². The molecule has 0 radical (unpaired) electrons. The molecule has 0 saturated carbocycles. The Morgan fingerprint density at radius 1 is 1.67 bits per heavy atom.